The largest absolute Gasteiger partial charge is 0.454 e. The van der Waals surface area contributed by atoms with E-state index >= 15 is 0 Å². The van der Waals surface area contributed by atoms with Crippen LogP contribution in [0.2, 0.25) is 0 Å². The molecular weight excluding hydrogens is 314 g/mol. The van der Waals surface area contributed by atoms with Gasteiger partial charge in [-0.05, 0) is 31.2 Å². The molecule has 25 heavy (non-hydrogen) atoms. The monoisotopic (exact) mass is 335 g/mol. The van der Waals surface area contributed by atoms with Crippen LogP contribution in [0, 0.1) is 12.3 Å². The van der Waals surface area contributed by atoms with Crippen molar-refractivity contribution in [2.75, 3.05) is 26.2 Å². The highest BCUT2D eigenvalue weighted by Crippen LogP contribution is 2.38. The highest BCUT2D eigenvalue weighted by atomic mass is 16.5. The van der Waals surface area contributed by atoms with Gasteiger partial charge in [0.05, 0.1) is 5.56 Å². The molecular formula is C19H21N5O. The summed E-state index contributed by atoms with van der Waals surface area (Å²) >= 11 is 0. The van der Waals surface area contributed by atoms with Crippen molar-refractivity contribution in [2.45, 2.75) is 6.92 Å². The summed E-state index contributed by atoms with van der Waals surface area (Å²) in [5, 5.41) is 7.61. The van der Waals surface area contributed by atoms with Gasteiger partial charge in [0.15, 0.2) is 11.7 Å². The zero-order chi connectivity index (χ0) is 17.4. The molecule has 1 fully saturated rings. The lowest BCUT2D eigenvalue weighted by atomic mass is 10.1. The van der Waals surface area contributed by atoms with E-state index in [1.54, 1.807) is 0 Å². The maximum atomic E-state index is 7.61. The molecule has 0 unspecified atom stereocenters. The van der Waals surface area contributed by atoms with E-state index < -0.39 is 0 Å². The first-order valence-electron chi connectivity index (χ1n) is 8.42. The smallest absolute Gasteiger partial charge is 0.188 e. The van der Waals surface area contributed by atoms with Crippen molar-refractivity contribution in [1.82, 2.24) is 9.80 Å². The van der Waals surface area contributed by atoms with E-state index in [0.717, 1.165) is 54.8 Å². The molecule has 0 amide bonds. The first-order chi connectivity index (χ1) is 12.1. The number of nitrogens with one attached hydrogen (secondary N) is 1. The number of aliphatic imine (C=N–C) groups is 1. The quantitative estimate of drug-likeness (QED) is 0.573. The molecule has 0 bridgehead atoms. The number of benzene rings is 2. The normalized spacial score (nSPS) is 16.3. The lowest BCUT2D eigenvalue weighted by molar-refractivity contribution is 0.256. The van der Waals surface area contributed by atoms with Crippen LogP contribution >= 0.6 is 0 Å². The molecule has 2 aromatic rings. The number of guanidine groups is 1. The maximum Gasteiger partial charge on any atom is 0.188 e. The maximum absolute atomic E-state index is 7.61. The molecule has 0 aliphatic carbocycles. The molecule has 0 spiro atoms. The van der Waals surface area contributed by atoms with Crippen molar-refractivity contribution in [3.05, 3.63) is 53.6 Å². The molecule has 0 aromatic heterocycles. The third-order valence-corrected chi connectivity index (χ3v) is 4.61. The third kappa shape index (κ3) is 2.91. The minimum absolute atomic E-state index is 0.132. The summed E-state index contributed by atoms with van der Waals surface area (Å²) in [6.45, 7) is 5.06. The summed E-state index contributed by atoms with van der Waals surface area (Å²) in [5.74, 6) is 2.65. The minimum Gasteiger partial charge on any atom is -0.454 e. The number of nitrogens with zero attached hydrogens (tertiary/aromatic N) is 3. The Bertz CT molecular complexity index is 853. The molecule has 0 atom stereocenters. The van der Waals surface area contributed by atoms with Crippen LogP contribution in [-0.4, -0.2) is 47.8 Å². The standard InChI is InChI=1S/C19H21N5O/c1-13-6-7-16-14(12-13)18(22-15-4-2-3-5-17(15)25-16)23-8-10-24(11-9-23)19(20)21/h2-7,12H,8-11H2,1H3,(H3,20,21). The number of para-hydroxylation sites is 2. The van der Waals surface area contributed by atoms with E-state index in [1.165, 1.54) is 5.56 Å². The summed E-state index contributed by atoms with van der Waals surface area (Å²) < 4.78 is 6.13. The van der Waals surface area contributed by atoms with E-state index in [0.29, 0.717) is 0 Å². The number of ether oxygens (including phenoxy) is 1. The Morgan fingerprint density at radius 2 is 1.84 bits per heavy atom. The molecule has 6 heteroatoms. The zero-order valence-corrected chi connectivity index (χ0v) is 14.2. The van der Waals surface area contributed by atoms with Gasteiger partial charge in [-0.1, -0.05) is 23.8 Å². The summed E-state index contributed by atoms with van der Waals surface area (Å²) in [6.07, 6.45) is 0. The van der Waals surface area contributed by atoms with Crippen molar-refractivity contribution < 1.29 is 4.74 Å². The summed E-state index contributed by atoms with van der Waals surface area (Å²) in [4.78, 5) is 9.07. The lowest BCUT2D eigenvalue weighted by Gasteiger charge is -2.36. The summed E-state index contributed by atoms with van der Waals surface area (Å²) in [7, 11) is 0. The fourth-order valence-electron chi connectivity index (χ4n) is 3.24. The van der Waals surface area contributed by atoms with E-state index in [4.69, 9.17) is 20.9 Å². The van der Waals surface area contributed by atoms with E-state index in [9.17, 15) is 0 Å². The van der Waals surface area contributed by atoms with Crippen molar-refractivity contribution in [3.63, 3.8) is 0 Å². The molecule has 3 N–H and O–H groups in total. The Morgan fingerprint density at radius 1 is 1.08 bits per heavy atom. The fourth-order valence-corrected chi connectivity index (χ4v) is 3.24. The molecule has 4 rings (SSSR count). The van der Waals surface area contributed by atoms with Crippen molar-refractivity contribution in [2.24, 2.45) is 10.7 Å². The van der Waals surface area contributed by atoms with Crippen LogP contribution < -0.4 is 10.5 Å². The number of nitrogens with two attached hydrogens (primary N) is 1. The van der Waals surface area contributed by atoms with Crippen LogP contribution in [0.5, 0.6) is 11.5 Å². The van der Waals surface area contributed by atoms with E-state index in [1.807, 2.05) is 35.2 Å². The highest BCUT2D eigenvalue weighted by molar-refractivity contribution is 6.04. The number of rotatable bonds is 0. The Morgan fingerprint density at radius 3 is 2.60 bits per heavy atom. The Kier molecular flexibility index (Phi) is 3.80. The van der Waals surface area contributed by atoms with Crippen LogP contribution in [0.25, 0.3) is 0 Å². The molecule has 2 aliphatic heterocycles. The topological polar surface area (TPSA) is 77.9 Å². The molecule has 6 nitrogen and oxygen atoms in total. The molecule has 0 saturated carbocycles. The van der Waals surface area contributed by atoms with Gasteiger partial charge in [0.25, 0.3) is 0 Å². The second-order valence-electron chi connectivity index (χ2n) is 6.36. The lowest BCUT2D eigenvalue weighted by Crippen LogP contribution is -2.52. The van der Waals surface area contributed by atoms with Gasteiger partial charge in [-0.15, -0.1) is 0 Å². The van der Waals surface area contributed by atoms with Crippen molar-refractivity contribution in [1.29, 1.82) is 5.41 Å². The van der Waals surface area contributed by atoms with E-state index in [2.05, 4.69) is 24.0 Å². The Hall–Kier alpha value is -3.02. The second kappa shape index (κ2) is 6.12. The van der Waals surface area contributed by atoms with E-state index in [-0.39, 0.29) is 5.96 Å². The molecule has 2 aliphatic rings. The Labute approximate surface area is 147 Å². The number of hydrogen-bond acceptors (Lipinski definition) is 4. The van der Waals surface area contributed by atoms with Gasteiger partial charge in [0.2, 0.25) is 0 Å². The van der Waals surface area contributed by atoms with Gasteiger partial charge < -0.3 is 20.3 Å². The van der Waals surface area contributed by atoms with Gasteiger partial charge in [0, 0.05) is 26.2 Å². The van der Waals surface area contributed by atoms with Crippen molar-refractivity contribution >= 4 is 17.5 Å². The van der Waals surface area contributed by atoms with Crippen LogP contribution in [0.3, 0.4) is 0 Å². The van der Waals surface area contributed by atoms with Crippen molar-refractivity contribution in [3.8, 4) is 11.5 Å². The number of fused-ring (bicyclic) bond motifs is 2. The SMILES string of the molecule is Cc1ccc2c(c1)C(N1CCN(C(=N)N)CC1)=Nc1ccccc1O2. The highest BCUT2D eigenvalue weighted by Gasteiger charge is 2.26. The molecule has 2 heterocycles. The summed E-state index contributed by atoms with van der Waals surface area (Å²) in [5.41, 5.74) is 8.63. The average Bonchev–Trinajstić information content (AvgIpc) is 2.78. The predicted octanol–water partition coefficient (Wildman–Crippen LogP) is 2.69. The van der Waals surface area contributed by atoms with Gasteiger partial charge in [-0.2, -0.15) is 0 Å². The second-order valence-corrected chi connectivity index (χ2v) is 6.36. The minimum atomic E-state index is 0.132. The number of amidine groups is 1. The number of piperazine rings is 1. The average molecular weight is 335 g/mol. The van der Waals surface area contributed by atoms with Gasteiger partial charge in [-0.25, -0.2) is 4.99 Å². The zero-order valence-electron chi connectivity index (χ0n) is 14.2. The molecule has 1 saturated heterocycles. The van der Waals surface area contributed by atoms with Gasteiger partial charge in [0.1, 0.15) is 17.3 Å². The summed E-state index contributed by atoms with van der Waals surface area (Å²) in [6, 6.07) is 14.0. The Balaban J connectivity index is 1.76. The fraction of sp³-hybridized carbons (Fsp3) is 0.263. The molecule has 0 radical (unpaired) electrons. The molecule has 128 valence electrons. The van der Waals surface area contributed by atoms with Crippen LogP contribution in [0.4, 0.5) is 5.69 Å². The third-order valence-electron chi connectivity index (χ3n) is 4.61. The van der Waals surface area contributed by atoms with Crippen LogP contribution in [-0.2, 0) is 0 Å². The number of hydrogen-bond donors (Lipinski definition) is 2. The van der Waals surface area contributed by atoms with Gasteiger partial charge >= 0.3 is 0 Å². The van der Waals surface area contributed by atoms with Crippen LogP contribution in [0.15, 0.2) is 47.5 Å². The van der Waals surface area contributed by atoms with Crippen LogP contribution in [0.1, 0.15) is 11.1 Å². The predicted molar refractivity (Wildman–Crippen MR) is 99.0 cm³/mol. The molecule has 2 aromatic carbocycles. The first-order valence-corrected chi connectivity index (χ1v) is 8.42. The van der Waals surface area contributed by atoms with Gasteiger partial charge in [-0.3, -0.25) is 5.41 Å². The number of aryl methyl sites for hydroxylation is 1. The first kappa shape index (κ1) is 15.5.